The minimum absolute atomic E-state index is 0. The molecule has 21 nitrogen and oxygen atoms in total. The van der Waals surface area contributed by atoms with E-state index >= 15 is 0 Å². The summed E-state index contributed by atoms with van der Waals surface area (Å²) in [5, 5.41) is 29.6. The number of carboxylic acids is 2. The summed E-state index contributed by atoms with van der Waals surface area (Å²) in [4.78, 5) is 65.7. The molecule has 0 saturated carbocycles. The standard InChI is InChI=1S/C46H75N7O14S.C3H8S4.C2H6S2.CH4/c1-47-40(45(59)60)17-14-15-23-48-41(54)35-65-31-29-63-27-24-49-42(55)36-66-32-30-64-28-25-50-44(58)37-33-51-46(52-34-37)53-68(61,62)39-21-19-38(20-22-39)67-26-16-12-10-8-6-4-2-3-5-7-9-11-13-18-43(56)57;1-4-6-3-7-5-2;1-3-4-2;/h19-22,33-34,40,47H,2-18,23-32,35-36H2,1H3,(H,48,54)(H,49,55)(H,50,58)(H,56,57)(H,59,60)(H,51,52,53);3H2,1-2H3;1-2H3;1H4/t40-;;;/m0.../s1. The van der Waals surface area contributed by atoms with Crippen LogP contribution in [0.1, 0.15) is 127 Å². The van der Waals surface area contributed by atoms with Crippen LogP contribution in [-0.4, -0.2) is 181 Å². The highest BCUT2D eigenvalue weighted by atomic mass is 33.1. The van der Waals surface area contributed by atoms with Crippen LogP contribution >= 0.6 is 64.8 Å². The average Bonchev–Trinajstić information content (AvgIpc) is 3.43. The highest BCUT2D eigenvalue weighted by Gasteiger charge is 2.17. The summed E-state index contributed by atoms with van der Waals surface area (Å²) in [6.45, 7) is 2.31. The monoisotopic (exact) mass is 1260 g/mol. The Morgan fingerprint density at radius 3 is 1.52 bits per heavy atom. The topological polar surface area (TPSA) is 292 Å². The van der Waals surface area contributed by atoms with Gasteiger partial charge < -0.3 is 55.2 Å². The second kappa shape index (κ2) is 56.6. The number of nitrogens with one attached hydrogen (secondary N) is 5. The van der Waals surface area contributed by atoms with E-state index in [0.717, 1.165) is 38.5 Å². The van der Waals surface area contributed by atoms with Crippen molar-refractivity contribution in [1.29, 1.82) is 0 Å². The molecule has 0 saturated heterocycles. The van der Waals surface area contributed by atoms with Crippen molar-refractivity contribution in [3.63, 3.8) is 0 Å². The largest absolute Gasteiger partial charge is 0.494 e. The second-order valence-electron chi connectivity index (χ2n) is 16.9. The van der Waals surface area contributed by atoms with Gasteiger partial charge in [0.25, 0.3) is 15.9 Å². The number of carboxylic acid groups (broad SMARTS) is 2. The number of likely N-dealkylation sites (N-methyl/N-ethyl adjacent to an activating group) is 1. The second-order valence-corrected chi connectivity index (χ2v) is 26.8. The summed E-state index contributed by atoms with van der Waals surface area (Å²) in [6.07, 6.45) is 27.4. The molecular weight excluding hydrogens is 1170 g/mol. The summed E-state index contributed by atoms with van der Waals surface area (Å²) in [5.74, 6) is -2.31. The first-order chi connectivity index (χ1) is 38.2. The van der Waals surface area contributed by atoms with E-state index in [9.17, 15) is 32.4 Å². The number of sulfonamides is 1. The minimum atomic E-state index is -3.99. The number of unbranched alkanes of at least 4 members (excludes halogenated alkanes) is 13. The maximum absolute atomic E-state index is 12.9. The van der Waals surface area contributed by atoms with E-state index in [-0.39, 0.29) is 108 Å². The number of benzene rings is 1. The van der Waals surface area contributed by atoms with Crippen LogP contribution in [-0.2, 0) is 48.1 Å². The summed E-state index contributed by atoms with van der Waals surface area (Å²) in [6, 6.07) is 5.49. The van der Waals surface area contributed by atoms with Crippen molar-refractivity contribution >= 4 is 110 Å². The number of anilines is 1. The third-order valence-corrected chi connectivity index (χ3v) is 17.8. The van der Waals surface area contributed by atoms with Crippen LogP contribution in [0.2, 0.25) is 0 Å². The number of carbonyl (C=O) groups excluding carboxylic acids is 3. The lowest BCUT2D eigenvalue weighted by molar-refractivity contribution is -0.139. The number of aliphatic carboxylic acids is 2. The van der Waals surface area contributed by atoms with E-state index in [1.54, 1.807) is 40.8 Å². The lowest BCUT2D eigenvalue weighted by Crippen LogP contribution is -2.34. The van der Waals surface area contributed by atoms with Gasteiger partial charge in [-0.2, -0.15) is 0 Å². The molecule has 3 amide bonds. The highest BCUT2D eigenvalue weighted by molar-refractivity contribution is 8.84. The van der Waals surface area contributed by atoms with Crippen molar-refractivity contribution in [3.05, 3.63) is 42.2 Å². The van der Waals surface area contributed by atoms with Crippen molar-refractivity contribution in [2.24, 2.45) is 0 Å². The average molecular weight is 1260 g/mol. The molecule has 0 unspecified atom stereocenters. The third kappa shape index (κ3) is 48.6. The zero-order valence-corrected chi connectivity index (χ0v) is 52.5. The quantitative estimate of drug-likeness (QED) is 0.0184. The summed E-state index contributed by atoms with van der Waals surface area (Å²) < 4.78 is 55.3. The van der Waals surface area contributed by atoms with Gasteiger partial charge >= 0.3 is 11.9 Å². The van der Waals surface area contributed by atoms with E-state index in [1.807, 2.05) is 43.2 Å². The Morgan fingerprint density at radius 2 is 1.05 bits per heavy atom. The third-order valence-electron chi connectivity index (χ3n) is 10.8. The van der Waals surface area contributed by atoms with Gasteiger partial charge in [0.05, 0.1) is 61.8 Å². The van der Waals surface area contributed by atoms with Gasteiger partial charge in [0.2, 0.25) is 17.8 Å². The number of nitrogens with zero attached hydrogens (tertiary/aromatic N) is 2. The van der Waals surface area contributed by atoms with Gasteiger partial charge in [-0.15, -0.1) is 0 Å². The van der Waals surface area contributed by atoms with E-state index in [1.165, 1.54) is 74.6 Å². The number of rotatable bonds is 49. The van der Waals surface area contributed by atoms with E-state index < -0.39 is 33.9 Å². The number of amides is 3. The van der Waals surface area contributed by atoms with E-state index in [2.05, 4.69) is 61.0 Å². The number of hydrogen-bond donors (Lipinski definition) is 7. The van der Waals surface area contributed by atoms with Crippen molar-refractivity contribution in [2.75, 3.05) is 121 Å². The Bertz CT molecular complexity index is 1950. The number of ether oxygens (including phenoxy) is 5. The predicted octanol–water partition coefficient (Wildman–Crippen LogP) is 9.30. The van der Waals surface area contributed by atoms with Crippen molar-refractivity contribution in [3.8, 4) is 5.75 Å². The van der Waals surface area contributed by atoms with Crippen LogP contribution in [0.4, 0.5) is 5.95 Å². The Hall–Kier alpha value is -2.90. The lowest BCUT2D eigenvalue weighted by Gasteiger charge is -2.11. The molecule has 0 fully saturated rings. The molecule has 28 heteroatoms. The molecule has 2 aromatic rings. The van der Waals surface area contributed by atoms with Crippen molar-refractivity contribution < 1.29 is 66.3 Å². The van der Waals surface area contributed by atoms with Crippen LogP contribution in [0, 0.1) is 0 Å². The molecule has 0 aliphatic carbocycles. The fraction of sp³-hybridized carbons (Fsp3) is 0.712. The van der Waals surface area contributed by atoms with E-state index in [4.69, 9.17) is 33.9 Å². The summed E-state index contributed by atoms with van der Waals surface area (Å²) in [5.41, 5.74) is 0.122. The van der Waals surface area contributed by atoms with E-state index in [0.29, 0.717) is 38.2 Å². The van der Waals surface area contributed by atoms with Gasteiger partial charge in [0.15, 0.2) is 0 Å². The Morgan fingerprint density at radius 1 is 0.575 bits per heavy atom. The van der Waals surface area contributed by atoms with Gasteiger partial charge in [-0.25, -0.2) is 23.1 Å². The maximum atomic E-state index is 12.9. The van der Waals surface area contributed by atoms with Crippen molar-refractivity contribution in [1.82, 2.24) is 31.2 Å². The molecule has 462 valence electrons. The van der Waals surface area contributed by atoms with Crippen LogP contribution in [0.25, 0.3) is 0 Å². The molecular formula is C52H93N7O14S7. The van der Waals surface area contributed by atoms with Gasteiger partial charge in [0, 0.05) is 38.4 Å². The fourth-order valence-electron chi connectivity index (χ4n) is 6.59. The first-order valence-corrected chi connectivity index (χ1v) is 36.3. The molecule has 2 rings (SSSR count). The lowest BCUT2D eigenvalue weighted by atomic mass is 10.0. The predicted molar refractivity (Wildman–Crippen MR) is 334 cm³/mol. The molecule has 1 aromatic carbocycles. The van der Waals surface area contributed by atoms with Gasteiger partial charge in [-0.3, -0.25) is 24.0 Å². The molecule has 7 N–H and O–H groups in total. The highest BCUT2D eigenvalue weighted by Crippen LogP contribution is 2.28. The maximum Gasteiger partial charge on any atom is 0.320 e. The molecule has 1 heterocycles. The van der Waals surface area contributed by atoms with Crippen LogP contribution < -0.4 is 30.7 Å². The SMILES string of the molecule is C.CN[C@@H](CCCCNC(=O)COCCOCCNC(=O)COCCOCCNC(=O)c1cnc(NS(=O)(=O)c2ccc(OCCCCCCCCCCCCCCCC(=O)O)cc2)nc1)C(=O)O.CSSC.CSSCSSC. The normalized spacial score (nSPS) is 11.2. The zero-order valence-electron chi connectivity index (χ0n) is 46.8. The van der Waals surface area contributed by atoms with Crippen LogP contribution in [0.5, 0.6) is 5.75 Å². The minimum Gasteiger partial charge on any atom is -0.494 e. The fourth-order valence-corrected chi connectivity index (χ4v) is 11.6. The van der Waals surface area contributed by atoms with Gasteiger partial charge in [-0.05, 0) is 88.4 Å². The molecule has 1 atom stereocenters. The molecule has 80 heavy (non-hydrogen) atoms. The molecule has 0 bridgehead atoms. The smallest absolute Gasteiger partial charge is 0.320 e. The molecule has 0 aliphatic heterocycles. The summed E-state index contributed by atoms with van der Waals surface area (Å²) in [7, 11) is 8.58. The first kappa shape index (κ1) is 79.2. The number of carbonyl (C=O) groups is 5. The Kier molecular flexibility index (Phi) is 56.0. The number of hydrogen-bond acceptors (Lipinski definition) is 21. The molecule has 0 radical (unpaired) electrons. The van der Waals surface area contributed by atoms with Crippen LogP contribution in [0.15, 0.2) is 41.6 Å². The molecule has 1 aromatic heterocycles. The zero-order chi connectivity index (χ0) is 58.5. The van der Waals surface area contributed by atoms with Crippen LogP contribution in [0.3, 0.4) is 0 Å². The molecule has 0 spiro atoms. The first-order valence-electron chi connectivity index (χ1n) is 26.4. The number of aromatic nitrogens is 2. The summed E-state index contributed by atoms with van der Waals surface area (Å²) >= 11 is 0. The van der Waals surface area contributed by atoms with Gasteiger partial charge in [-0.1, -0.05) is 143 Å². The Labute approximate surface area is 501 Å². The Balaban J connectivity index is 0. The van der Waals surface area contributed by atoms with Crippen molar-refractivity contribution in [2.45, 2.75) is 128 Å². The van der Waals surface area contributed by atoms with Gasteiger partial charge in [0.1, 0.15) is 25.0 Å². The molecule has 0 aliphatic rings.